The molecule has 104 valence electrons. The number of hydrogen-bond acceptors (Lipinski definition) is 4. The molecule has 0 fully saturated rings. The van der Waals surface area contributed by atoms with Gasteiger partial charge in [-0.1, -0.05) is 13.8 Å². The number of rotatable bonds is 6. The zero-order valence-electron chi connectivity index (χ0n) is 12.2. The average Bonchev–Trinajstić information content (AvgIpc) is 2.95. The van der Waals surface area contributed by atoms with Crippen molar-refractivity contribution in [1.29, 1.82) is 0 Å². The Bertz CT molecular complexity index is 542. The smallest absolute Gasteiger partial charge is 0.323 e. The van der Waals surface area contributed by atoms with Crippen molar-refractivity contribution < 1.29 is 4.42 Å². The normalized spacial score (nSPS) is 11.2. The maximum Gasteiger partial charge on any atom is 0.323 e. The molecule has 0 spiro atoms. The fourth-order valence-electron chi connectivity index (χ4n) is 2.24. The van der Waals surface area contributed by atoms with Crippen LogP contribution >= 0.6 is 0 Å². The van der Waals surface area contributed by atoms with E-state index in [1.807, 2.05) is 6.92 Å². The van der Waals surface area contributed by atoms with E-state index in [1.54, 1.807) is 10.9 Å². The largest absolute Gasteiger partial charge is 0.430 e. The van der Waals surface area contributed by atoms with Crippen molar-refractivity contribution in [2.45, 2.75) is 47.1 Å². The molecule has 2 aromatic rings. The molecule has 0 aliphatic rings. The Kier molecular flexibility index (Phi) is 4.37. The van der Waals surface area contributed by atoms with Crippen molar-refractivity contribution in [1.82, 2.24) is 20.1 Å². The first kappa shape index (κ1) is 13.8. The molecule has 1 N–H and O–H groups in total. The lowest BCUT2D eigenvalue weighted by atomic mass is 10.1. The Hall–Kier alpha value is -1.62. The van der Waals surface area contributed by atoms with Gasteiger partial charge in [-0.2, -0.15) is 14.8 Å². The SMILES string of the molecule is CCCNCc1coc(-n2nc(C)c(CC)c2C)n1. The second-order valence-corrected chi connectivity index (χ2v) is 4.71. The van der Waals surface area contributed by atoms with Crippen LogP contribution in [0.3, 0.4) is 0 Å². The Morgan fingerprint density at radius 1 is 1.32 bits per heavy atom. The Morgan fingerprint density at radius 2 is 2.11 bits per heavy atom. The van der Waals surface area contributed by atoms with Crippen molar-refractivity contribution >= 4 is 0 Å². The minimum Gasteiger partial charge on any atom is -0.430 e. The summed E-state index contributed by atoms with van der Waals surface area (Å²) >= 11 is 0. The van der Waals surface area contributed by atoms with E-state index in [9.17, 15) is 0 Å². The number of hydrogen-bond donors (Lipinski definition) is 1. The van der Waals surface area contributed by atoms with E-state index < -0.39 is 0 Å². The molecule has 0 saturated carbocycles. The molecule has 0 radical (unpaired) electrons. The summed E-state index contributed by atoms with van der Waals surface area (Å²) in [5, 5.41) is 7.81. The average molecular weight is 262 g/mol. The van der Waals surface area contributed by atoms with Gasteiger partial charge in [-0.15, -0.1) is 0 Å². The first-order valence-corrected chi connectivity index (χ1v) is 6.87. The van der Waals surface area contributed by atoms with Crippen molar-refractivity contribution in [3.8, 4) is 6.01 Å². The molecule has 0 bridgehead atoms. The van der Waals surface area contributed by atoms with Gasteiger partial charge in [-0.25, -0.2) is 0 Å². The fourth-order valence-corrected chi connectivity index (χ4v) is 2.24. The number of nitrogens with zero attached hydrogens (tertiary/aromatic N) is 3. The highest BCUT2D eigenvalue weighted by atomic mass is 16.4. The predicted molar refractivity (Wildman–Crippen MR) is 74.5 cm³/mol. The number of aryl methyl sites for hydroxylation is 1. The molecule has 5 nitrogen and oxygen atoms in total. The van der Waals surface area contributed by atoms with Crippen LogP contribution in [0.25, 0.3) is 6.01 Å². The number of aromatic nitrogens is 3. The molecule has 0 aliphatic carbocycles. The first-order valence-electron chi connectivity index (χ1n) is 6.87. The molecule has 0 unspecified atom stereocenters. The number of nitrogens with one attached hydrogen (secondary N) is 1. The van der Waals surface area contributed by atoms with Crippen molar-refractivity contribution in [2.24, 2.45) is 0 Å². The second-order valence-electron chi connectivity index (χ2n) is 4.71. The standard InChI is InChI=1S/C14H22N4O/c1-5-7-15-8-12-9-19-14(16-12)18-11(4)13(6-2)10(3)17-18/h9,15H,5-8H2,1-4H3. The molecule has 19 heavy (non-hydrogen) atoms. The molecule has 0 aromatic carbocycles. The van der Waals surface area contributed by atoms with Crippen LogP contribution in [0.2, 0.25) is 0 Å². The van der Waals surface area contributed by atoms with Gasteiger partial charge in [0.1, 0.15) is 6.26 Å². The van der Waals surface area contributed by atoms with Crippen LogP contribution in [0, 0.1) is 13.8 Å². The maximum atomic E-state index is 5.52. The Labute approximate surface area is 114 Å². The molecule has 2 rings (SSSR count). The van der Waals surface area contributed by atoms with Crippen LogP contribution < -0.4 is 5.32 Å². The highest BCUT2D eigenvalue weighted by molar-refractivity contribution is 5.28. The Morgan fingerprint density at radius 3 is 2.74 bits per heavy atom. The molecular formula is C14H22N4O. The van der Waals surface area contributed by atoms with Crippen molar-refractivity contribution in [2.75, 3.05) is 6.54 Å². The summed E-state index contributed by atoms with van der Waals surface area (Å²) in [5.41, 5.74) is 4.33. The third-order valence-electron chi connectivity index (χ3n) is 3.25. The third-order valence-corrected chi connectivity index (χ3v) is 3.25. The van der Waals surface area contributed by atoms with Gasteiger partial charge in [-0.3, -0.25) is 0 Å². The molecule has 2 heterocycles. The van der Waals surface area contributed by atoms with Gasteiger partial charge in [-0.05, 0) is 38.8 Å². The lowest BCUT2D eigenvalue weighted by Gasteiger charge is -1.99. The van der Waals surface area contributed by atoms with Crippen molar-refractivity contribution in [3.63, 3.8) is 0 Å². The Balaban J connectivity index is 2.18. The van der Waals surface area contributed by atoms with E-state index in [0.29, 0.717) is 6.01 Å². The summed E-state index contributed by atoms with van der Waals surface area (Å²) in [6, 6.07) is 0.550. The lowest BCUT2D eigenvalue weighted by molar-refractivity contribution is 0.504. The highest BCUT2D eigenvalue weighted by Crippen LogP contribution is 2.17. The van der Waals surface area contributed by atoms with E-state index in [4.69, 9.17) is 4.42 Å². The second kappa shape index (κ2) is 6.02. The van der Waals surface area contributed by atoms with Gasteiger partial charge in [0, 0.05) is 12.2 Å². The molecule has 5 heteroatoms. The van der Waals surface area contributed by atoms with E-state index >= 15 is 0 Å². The minimum absolute atomic E-state index is 0.550. The van der Waals surface area contributed by atoms with Crippen LogP contribution in [-0.4, -0.2) is 21.3 Å². The zero-order valence-corrected chi connectivity index (χ0v) is 12.2. The van der Waals surface area contributed by atoms with Crippen LogP contribution in [0.15, 0.2) is 10.7 Å². The van der Waals surface area contributed by atoms with Gasteiger partial charge in [0.2, 0.25) is 0 Å². The minimum atomic E-state index is 0.550. The lowest BCUT2D eigenvalue weighted by Crippen LogP contribution is -2.14. The van der Waals surface area contributed by atoms with Gasteiger partial charge in [0.05, 0.1) is 11.4 Å². The molecule has 0 aliphatic heterocycles. The fraction of sp³-hybridized carbons (Fsp3) is 0.571. The summed E-state index contributed by atoms with van der Waals surface area (Å²) in [4.78, 5) is 4.47. The van der Waals surface area contributed by atoms with Gasteiger partial charge < -0.3 is 9.73 Å². The van der Waals surface area contributed by atoms with E-state index in [2.05, 4.69) is 36.2 Å². The van der Waals surface area contributed by atoms with Gasteiger partial charge in [0.25, 0.3) is 0 Å². The monoisotopic (exact) mass is 262 g/mol. The van der Waals surface area contributed by atoms with E-state index in [0.717, 1.165) is 43.0 Å². The summed E-state index contributed by atoms with van der Waals surface area (Å²) in [6.45, 7) is 10.1. The third kappa shape index (κ3) is 2.87. The first-order chi connectivity index (χ1) is 9.17. The van der Waals surface area contributed by atoms with Gasteiger partial charge >= 0.3 is 6.01 Å². The molecular weight excluding hydrogens is 240 g/mol. The maximum absolute atomic E-state index is 5.52. The highest BCUT2D eigenvalue weighted by Gasteiger charge is 2.14. The summed E-state index contributed by atoms with van der Waals surface area (Å²) in [7, 11) is 0. The number of oxazole rings is 1. The molecule has 0 saturated heterocycles. The topological polar surface area (TPSA) is 55.9 Å². The van der Waals surface area contributed by atoms with Crippen LogP contribution in [-0.2, 0) is 13.0 Å². The summed E-state index contributed by atoms with van der Waals surface area (Å²) < 4.78 is 7.31. The van der Waals surface area contributed by atoms with Crippen LogP contribution in [0.4, 0.5) is 0 Å². The van der Waals surface area contributed by atoms with Crippen LogP contribution in [0.1, 0.15) is 42.9 Å². The van der Waals surface area contributed by atoms with Crippen LogP contribution in [0.5, 0.6) is 0 Å². The summed E-state index contributed by atoms with van der Waals surface area (Å²) in [6.07, 6.45) is 3.78. The molecule has 2 aromatic heterocycles. The summed E-state index contributed by atoms with van der Waals surface area (Å²) in [5.74, 6) is 0. The molecule has 0 atom stereocenters. The zero-order chi connectivity index (χ0) is 13.8. The van der Waals surface area contributed by atoms with E-state index in [-0.39, 0.29) is 0 Å². The quantitative estimate of drug-likeness (QED) is 0.813. The van der Waals surface area contributed by atoms with Gasteiger partial charge in [0.15, 0.2) is 0 Å². The molecule has 0 amide bonds. The predicted octanol–water partition coefficient (Wildman–Crippen LogP) is 2.54. The van der Waals surface area contributed by atoms with Crippen molar-refractivity contribution in [3.05, 3.63) is 28.9 Å². The van der Waals surface area contributed by atoms with E-state index in [1.165, 1.54) is 5.56 Å².